The average molecular weight is 441 g/mol. The minimum atomic E-state index is -4.46. The van der Waals surface area contributed by atoms with Crippen LogP contribution in [0.1, 0.15) is 28.8 Å². The van der Waals surface area contributed by atoms with Gasteiger partial charge in [0.1, 0.15) is 6.54 Å². The van der Waals surface area contributed by atoms with Crippen molar-refractivity contribution in [3.8, 4) is 0 Å². The van der Waals surface area contributed by atoms with Gasteiger partial charge in [-0.15, -0.1) is 0 Å². The van der Waals surface area contributed by atoms with Gasteiger partial charge in [0.2, 0.25) is 5.91 Å². The van der Waals surface area contributed by atoms with Gasteiger partial charge in [0.25, 0.3) is 5.91 Å². The van der Waals surface area contributed by atoms with Gasteiger partial charge in [0.15, 0.2) is 0 Å². The van der Waals surface area contributed by atoms with Crippen molar-refractivity contribution in [2.45, 2.75) is 24.4 Å². The zero-order valence-corrected chi connectivity index (χ0v) is 15.7. The number of rotatable bonds is 5. The molecule has 4 nitrogen and oxygen atoms in total. The van der Waals surface area contributed by atoms with E-state index >= 15 is 0 Å². The first-order valence-corrected chi connectivity index (χ1v) is 9.01. The van der Waals surface area contributed by atoms with E-state index in [1.54, 1.807) is 5.32 Å². The van der Waals surface area contributed by atoms with Crippen LogP contribution >= 0.6 is 15.9 Å². The third-order valence-corrected chi connectivity index (χ3v) is 4.96. The molecule has 0 atom stereocenters. The fourth-order valence-electron chi connectivity index (χ4n) is 2.78. The van der Waals surface area contributed by atoms with Crippen LogP contribution in [-0.4, -0.2) is 24.5 Å². The third-order valence-electron chi connectivity index (χ3n) is 4.44. The second-order valence-electron chi connectivity index (χ2n) is 6.42. The van der Waals surface area contributed by atoms with Crippen LogP contribution in [0.15, 0.2) is 53.0 Å². The summed E-state index contributed by atoms with van der Waals surface area (Å²) in [5.41, 5.74) is 0.956. The fraction of sp³-hybridized carbons (Fsp3) is 0.263. The largest absolute Gasteiger partial charge is 0.405 e. The normalized spacial score (nSPS) is 15.1. The number of carbonyl (C=O) groups excluding carboxylic acids is 2. The molecule has 0 radical (unpaired) electrons. The molecule has 1 fully saturated rings. The molecule has 2 aromatic rings. The zero-order valence-electron chi connectivity index (χ0n) is 14.1. The van der Waals surface area contributed by atoms with Crippen LogP contribution in [0.2, 0.25) is 0 Å². The summed E-state index contributed by atoms with van der Waals surface area (Å²) in [6.07, 6.45) is -2.97. The van der Waals surface area contributed by atoms with Crippen LogP contribution < -0.4 is 10.6 Å². The summed E-state index contributed by atoms with van der Waals surface area (Å²) in [6, 6.07) is 13.3. The predicted octanol–water partition coefficient (Wildman–Crippen LogP) is 4.41. The molecule has 0 aliphatic heterocycles. The second kappa shape index (κ2) is 7.34. The van der Waals surface area contributed by atoms with Crippen LogP contribution in [-0.2, 0) is 10.2 Å². The van der Waals surface area contributed by atoms with E-state index < -0.39 is 24.0 Å². The highest BCUT2D eigenvalue weighted by Gasteiger charge is 2.51. The molecular weight excluding hydrogens is 425 g/mol. The lowest BCUT2D eigenvalue weighted by Gasteiger charge is -2.16. The maximum atomic E-state index is 12.7. The second-order valence-corrected chi connectivity index (χ2v) is 7.33. The fourth-order valence-corrected chi connectivity index (χ4v) is 3.04. The van der Waals surface area contributed by atoms with Gasteiger partial charge in [-0.1, -0.05) is 28.1 Å². The maximum absolute atomic E-state index is 12.7. The summed E-state index contributed by atoms with van der Waals surface area (Å²) in [7, 11) is 0. The Morgan fingerprint density at radius 3 is 2.11 bits per heavy atom. The Morgan fingerprint density at radius 1 is 1.00 bits per heavy atom. The van der Waals surface area contributed by atoms with Crippen LogP contribution in [0.5, 0.6) is 0 Å². The number of amides is 2. The molecule has 2 aromatic carbocycles. The van der Waals surface area contributed by atoms with Crippen molar-refractivity contribution in [3.63, 3.8) is 0 Å². The lowest BCUT2D eigenvalue weighted by molar-refractivity contribution is -0.123. The van der Waals surface area contributed by atoms with Gasteiger partial charge in [-0.2, -0.15) is 13.2 Å². The Morgan fingerprint density at radius 2 is 1.59 bits per heavy atom. The SMILES string of the molecule is O=C(NCC(F)(F)F)c1ccc(NC(=O)C2(c3ccc(Br)cc3)CC2)cc1. The summed E-state index contributed by atoms with van der Waals surface area (Å²) >= 11 is 3.37. The van der Waals surface area contributed by atoms with Crippen LogP contribution in [0.25, 0.3) is 0 Å². The van der Waals surface area contributed by atoms with E-state index in [0.717, 1.165) is 22.9 Å². The Balaban J connectivity index is 1.64. The molecule has 2 N–H and O–H groups in total. The van der Waals surface area contributed by atoms with Gasteiger partial charge in [0, 0.05) is 15.7 Å². The molecule has 3 rings (SSSR count). The van der Waals surface area contributed by atoms with Gasteiger partial charge >= 0.3 is 6.18 Å². The molecule has 1 aliphatic carbocycles. The molecule has 0 saturated heterocycles. The molecule has 8 heteroatoms. The van der Waals surface area contributed by atoms with E-state index in [1.165, 1.54) is 24.3 Å². The first-order chi connectivity index (χ1) is 12.7. The number of hydrogen-bond donors (Lipinski definition) is 2. The van der Waals surface area contributed by atoms with Crippen molar-refractivity contribution < 1.29 is 22.8 Å². The molecule has 0 heterocycles. The standard InChI is InChI=1S/C19H16BrF3N2O2/c20-14-5-3-13(4-6-14)18(9-10-18)17(27)25-15-7-1-12(2-8-15)16(26)24-11-19(21,22)23/h1-8H,9-11H2,(H,24,26)(H,25,27). The molecule has 1 aliphatic rings. The van der Waals surface area contributed by atoms with Gasteiger partial charge in [-0.05, 0) is 54.8 Å². The molecule has 0 aromatic heterocycles. The lowest BCUT2D eigenvalue weighted by Crippen LogP contribution is -2.33. The van der Waals surface area contributed by atoms with E-state index in [-0.39, 0.29) is 11.5 Å². The summed E-state index contributed by atoms with van der Waals surface area (Å²) in [4.78, 5) is 24.4. The van der Waals surface area contributed by atoms with E-state index in [9.17, 15) is 22.8 Å². The molecule has 142 valence electrons. The maximum Gasteiger partial charge on any atom is 0.405 e. The van der Waals surface area contributed by atoms with E-state index in [0.29, 0.717) is 5.69 Å². The van der Waals surface area contributed by atoms with Crippen LogP contribution in [0, 0.1) is 0 Å². The number of alkyl halides is 3. The van der Waals surface area contributed by atoms with E-state index in [1.807, 2.05) is 24.3 Å². The van der Waals surface area contributed by atoms with E-state index in [2.05, 4.69) is 21.2 Å². The minimum absolute atomic E-state index is 0.0892. The number of anilines is 1. The molecule has 0 spiro atoms. The minimum Gasteiger partial charge on any atom is -0.343 e. The van der Waals surface area contributed by atoms with Crippen molar-refractivity contribution in [1.29, 1.82) is 0 Å². The number of halogens is 4. The van der Waals surface area contributed by atoms with Crippen molar-refractivity contribution in [2.75, 3.05) is 11.9 Å². The van der Waals surface area contributed by atoms with Gasteiger partial charge in [-0.25, -0.2) is 0 Å². The number of hydrogen-bond acceptors (Lipinski definition) is 2. The Hall–Kier alpha value is -2.35. The number of carbonyl (C=O) groups is 2. The highest BCUT2D eigenvalue weighted by atomic mass is 79.9. The molecule has 0 bridgehead atoms. The zero-order chi connectivity index (χ0) is 19.7. The first-order valence-electron chi connectivity index (χ1n) is 8.22. The van der Waals surface area contributed by atoms with Crippen molar-refractivity contribution >= 4 is 33.4 Å². The summed E-state index contributed by atoms with van der Waals surface area (Å²) in [6.45, 7) is -1.39. The highest BCUT2D eigenvalue weighted by Crippen LogP contribution is 2.49. The van der Waals surface area contributed by atoms with Crippen molar-refractivity contribution in [1.82, 2.24) is 5.32 Å². The van der Waals surface area contributed by atoms with Crippen LogP contribution in [0.4, 0.5) is 18.9 Å². The molecule has 27 heavy (non-hydrogen) atoms. The Kier molecular flexibility index (Phi) is 5.28. The van der Waals surface area contributed by atoms with Crippen molar-refractivity contribution in [2.24, 2.45) is 0 Å². The highest BCUT2D eigenvalue weighted by molar-refractivity contribution is 9.10. The molecular formula is C19H16BrF3N2O2. The average Bonchev–Trinajstić information content (AvgIpc) is 3.42. The Bertz CT molecular complexity index is 845. The Labute approximate surface area is 162 Å². The summed E-state index contributed by atoms with van der Waals surface area (Å²) < 4.78 is 37.4. The molecule has 2 amide bonds. The third kappa shape index (κ3) is 4.68. The monoisotopic (exact) mass is 440 g/mol. The number of benzene rings is 2. The summed E-state index contributed by atoms with van der Waals surface area (Å²) in [5.74, 6) is -0.960. The quantitative estimate of drug-likeness (QED) is 0.723. The van der Waals surface area contributed by atoms with Gasteiger partial charge < -0.3 is 10.6 Å². The van der Waals surface area contributed by atoms with Crippen molar-refractivity contribution in [3.05, 3.63) is 64.1 Å². The lowest BCUT2D eigenvalue weighted by atomic mass is 9.95. The van der Waals surface area contributed by atoms with E-state index in [4.69, 9.17) is 0 Å². The van der Waals surface area contributed by atoms with Crippen LogP contribution in [0.3, 0.4) is 0 Å². The van der Waals surface area contributed by atoms with Gasteiger partial charge in [0.05, 0.1) is 5.41 Å². The smallest absolute Gasteiger partial charge is 0.343 e. The van der Waals surface area contributed by atoms with Gasteiger partial charge in [-0.3, -0.25) is 9.59 Å². The number of nitrogens with one attached hydrogen (secondary N) is 2. The summed E-state index contributed by atoms with van der Waals surface area (Å²) in [5, 5.41) is 4.62. The predicted molar refractivity (Wildman–Crippen MR) is 98.5 cm³/mol. The topological polar surface area (TPSA) is 58.2 Å². The molecule has 1 saturated carbocycles. The molecule has 0 unspecified atom stereocenters. The first kappa shape index (κ1) is 19.4.